The summed E-state index contributed by atoms with van der Waals surface area (Å²) in [5, 5.41) is 20.1. The zero-order chi connectivity index (χ0) is 18.1. The van der Waals surface area contributed by atoms with Crippen molar-refractivity contribution in [3.63, 3.8) is 0 Å². The summed E-state index contributed by atoms with van der Waals surface area (Å²) in [7, 11) is 0. The molecule has 1 aliphatic rings. The molecule has 0 aromatic carbocycles. The molecule has 3 N–H and O–H groups in total. The second-order valence-corrected chi connectivity index (χ2v) is 9.60. The highest BCUT2D eigenvalue weighted by Gasteiger charge is 2.45. The number of rotatable bonds is 6. The first-order valence-electron chi connectivity index (χ1n) is 7.13. The number of aromatic amines is 1. The molecule has 0 radical (unpaired) electrons. The number of aromatic nitrogens is 2. The third-order valence-corrected chi connectivity index (χ3v) is 4.60. The van der Waals surface area contributed by atoms with Crippen LogP contribution in [0.25, 0.3) is 0 Å². The number of ether oxygens (including phenoxy) is 1. The second kappa shape index (κ2) is 7.70. The minimum absolute atomic E-state index is 0.0166. The van der Waals surface area contributed by atoms with Crippen LogP contribution in [-0.2, 0) is 20.4 Å². The first kappa shape index (κ1) is 19.7. The molecule has 1 saturated heterocycles. The lowest BCUT2D eigenvalue weighted by atomic mass is 10.0. The van der Waals surface area contributed by atoms with Gasteiger partial charge >= 0.3 is 11.8 Å². The minimum atomic E-state index is -3.83. The number of halogens is 2. The molecule has 0 spiro atoms. The molecule has 1 fully saturated rings. The van der Waals surface area contributed by atoms with Gasteiger partial charge in [0, 0.05) is 12.7 Å². The van der Waals surface area contributed by atoms with Crippen LogP contribution in [0.4, 0.5) is 0 Å². The van der Waals surface area contributed by atoms with Crippen LogP contribution in [0.2, 0.25) is 0 Å². The maximum atomic E-state index is 12.0. The molecule has 1 aliphatic heterocycles. The highest BCUT2D eigenvalue weighted by atomic mass is 35.9. The Balaban J connectivity index is 2.26. The van der Waals surface area contributed by atoms with E-state index in [2.05, 4.69) is 9.51 Å². The van der Waals surface area contributed by atoms with E-state index in [4.69, 9.17) is 27.2 Å². The predicted molar refractivity (Wildman–Crippen MR) is 86.5 cm³/mol. The lowest BCUT2D eigenvalue weighted by molar-refractivity contribution is -0.0159. The molecule has 1 aromatic heterocycles. The molecule has 0 amide bonds. The largest absolute Gasteiger partial charge is 0.387 e. The number of aliphatic hydroxyl groups excluding tert-OH is 2. The first-order valence-corrected chi connectivity index (χ1v) is 10.6. The first-order chi connectivity index (χ1) is 11.1. The number of nitrogens with zero attached hydrogens (tertiary/aromatic N) is 1. The lowest BCUT2D eigenvalue weighted by Crippen LogP contribution is -2.36. The smallest absolute Gasteiger partial charge is 0.380 e. The van der Waals surface area contributed by atoms with Gasteiger partial charge in [-0.05, 0) is 28.9 Å². The van der Waals surface area contributed by atoms with Crippen LogP contribution < -0.4 is 11.2 Å². The van der Waals surface area contributed by atoms with Crippen molar-refractivity contribution in [2.24, 2.45) is 0 Å². The maximum Gasteiger partial charge on any atom is 0.380 e. The van der Waals surface area contributed by atoms with Gasteiger partial charge < -0.3 is 24.0 Å². The average molecular weight is 403 g/mol. The molecule has 4 atom stereocenters. The fourth-order valence-electron chi connectivity index (χ4n) is 2.44. The van der Waals surface area contributed by atoms with Gasteiger partial charge in [-0.1, -0.05) is 6.92 Å². The monoisotopic (exact) mass is 402 g/mol. The molecule has 2 heterocycles. The Hall–Kier alpha value is -0.670. The van der Waals surface area contributed by atoms with Crippen molar-refractivity contribution in [1.82, 2.24) is 9.55 Å². The van der Waals surface area contributed by atoms with E-state index in [1.165, 1.54) is 10.8 Å². The van der Waals surface area contributed by atoms with Crippen molar-refractivity contribution >= 4 is 28.6 Å². The fraction of sp³-hybridized carbons (Fsp3) is 0.667. The number of H-pyrrole nitrogens is 1. The molecule has 0 aliphatic carbocycles. The molecular weight excluding hydrogens is 386 g/mol. The van der Waals surface area contributed by atoms with Gasteiger partial charge in [0.15, 0.2) is 0 Å². The number of aryl methyl sites for hydroxylation is 1. The quantitative estimate of drug-likeness (QED) is 0.597. The van der Waals surface area contributed by atoms with Crippen LogP contribution >= 0.6 is 28.6 Å². The summed E-state index contributed by atoms with van der Waals surface area (Å²) in [6.45, 7) is 1.78. The van der Waals surface area contributed by atoms with E-state index < -0.39 is 48.3 Å². The van der Waals surface area contributed by atoms with Gasteiger partial charge in [-0.25, -0.2) is 4.79 Å². The van der Waals surface area contributed by atoms with Crippen molar-refractivity contribution < 1.29 is 24.0 Å². The van der Waals surface area contributed by atoms with Crippen molar-refractivity contribution in [3.05, 3.63) is 32.6 Å². The summed E-state index contributed by atoms with van der Waals surface area (Å²) in [6, 6.07) is 0. The summed E-state index contributed by atoms with van der Waals surface area (Å²) in [6.07, 6.45) is -7.05. The highest BCUT2D eigenvalue weighted by Crippen LogP contribution is 2.57. The van der Waals surface area contributed by atoms with E-state index in [-0.39, 0.29) is 5.56 Å². The van der Waals surface area contributed by atoms with E-state index in [1.54, 1.807) is 0 Å². The highest BCUT2D eigenvalue weighted by molar-refractivity contribution is 8.05. The Morgan fingerprint density at radius 1 is 1.38 bits per heavy atom. The molecule has 9 nitrogen and oxygen atoms in total. The van der Waals surface area contributed by atoms with Crippen LogP contribution in [0.1, 0.15) is 25.0 Å². The van der Waals surface area contributed by atoms with Crippen LogP contribution in [0.3, 0.4) is 0 Å². The Bertz CT molecular complexity index is 746. The number of nitrogens with one attached hydrogen (secondary N) is 1. The Labute approximate surface area is 146 Å². The number of hydrogen-bond donors (Lipinski definition) is 3. The third-order valence-electron chi connectivity index (χ3n) is 3.56. The predicted octanol–water partition coefficient (Wildman–Crippen LogP) is 0.711. The van der Waals surface area contributed by atoms with E-state index in [1.807, 2.05) is 6.92 Å². The van der Waals surface area contributed by atoms with Crippen molar-refractivity contribution in [2.75, 3.05) is 6.61 Å². The molecule has 0 bridgehead atoms. The number of hydrogen-bond acceptors (Lipinski definition) is 7. The van der Waals surface area contributed by atoms with E-state index in [0.29, 0.717) is 13.0 Å². The van der Waals surface area contributed by atoms with Crippen molar-refractivity contribution in [1.29, 1.82) is 0 Å². The average Bonchev–Trinajstić information content (AvgIpc) is 2.75. The van der Waals surface area contributed by atoms with E-state index in [9.17, 15) is 24.4 Å². The maximum absolute atomic E-state index is 12.0. The fourth-order valence-corrected chi connectivity index (χ4v) is 3.10. The Kier molecular flexibility index (Phi) is 6.30. The van der Waals surface area contributed by atoms with Crippen LogP contribution in [-0.4, -0.2) is 44.7 Å². The van der Waals surface area contributed by atoms with E-state index >= 15 is 0 Å². The summed E-state index contributed by atoms with van der Waals surface area (Å²) >= 11 is 10.5. The number of aliphatic hydroxyl groups is 2. The lowest BCUT2D eigenvalue weighted by Gasteiger charge is -2.15. The van der Waals surface area contributed by atoms with Gasteiger partial charge in [0.2, 0.25) is 0 Å². The Morgan fingerprint density at radius 2 is 2.04 bits per heavy atom. The molecular formula is C12H17Cl2N2O7P. The normalized spacial score (nSPS) is 27.5. The van der Waals surface area contributed by atoms with Gasteiger partial charge in [-0.15, -0.1) is 0 Å². The molecule has 0 saturated carbocycles. The van der Waals surface area contributed by atoms with Gasteiger partial charge in [-0.2, -0.15) is 0 Å². The van der Waals surface area contributed by atoms with Gasteiger partial charge in [-0.3, -0.25) is 14.3 Å². The summed E-state index contributed by atoms with van der Waals surface area (Å²) in [4.78, 5) is 25.8. The van der Waals surface area contributed by atoms with Crippen molar-refractivity contribution in [2.45, 2.75) is 44.3 Å². The third kappa shape index (κ3) is 4.49. The topological polar surface area (TPSA) is 131 Å². The zero-order valence-electron chi connectivity index (χ0n) is 12.6. The minimum Gasteiger partial charge on any atom is -0.387 e. The summed E-state index contributed by atoms with van der Waals surface area (Å²) in [5.41, 5.74) is -1.33. The second-order valence-electron chi connectivity index (χ2n) is 5.32. The molecule has 24 heavy (non-hydrogen) atoms. The van der Waals surface area contributed by atoms with Crippen molar-refractivity contribution in [3.8, 4) is 0 Å². The standard InChI is InChI=1S/C12H17Cl2N2O7P/c1-2-3-16-4-6(11(19)15-12(16)20)10-9(18)8(17)7(23-10)5-22-24(13,14)21/h4,7-10,17-18H,2-3,5H2,1H3,(H,15,19,20)/t7-,8?,9+,10+/m1/s1. The van der Waals surface area contributed by atoms with Gasteiger partial charge in [0.1, 0.15) is 24.4 Å². The van der Waals surface area contributed by atoms with Crippen LogP contribution in [0.15, 0.2) is 15.8 Å². The zero-order valence-corrected chi connectivity index (χ0v) is 15.0. The van der Waals surface area contributed by atoms with Gasteiger partial charge in [0.25, 0.3) is 5.56 Å². The molecule has 1 unspecified atom stereocenters. The Morgan fingerprint density at radius 3 is 2.62 bits per heavy atom. The molecule has 12 heteroatoms. The molecule has 2 rings (SSSR count). The van der Waals surface area contributed by atoms with Gasteiger partial charge in [0.05, 0.1) is 12.2 Å². The van der Waals surface area contributed by atoms with E-state index in [0.717, 1.165) is 0 Å². The SMILES string of the molecule is CCCn1cc([C@@H]2O[C@H](COP(=O)(Cl)Cl)C(O)[C@@H]2O)c(=O)[nH]c1=O. The van der Waals surface area contributed by atoms with Crippen LogP contribution in [0, 0.1) is 0 Å². The molecule has 136 valence electrons. The summed E-state index contributed by atoms with van der Waals surface area (Å²) in [5.74, 6) is 0. The molecule has 1 aromatic rings. The van der Waals surface area contributed by atoms with Crippen LogP contribution in [0.5, 0.6) is 0 Å². The summed E-state index contributed by atoms with van der Waals surface area (Å²) < 4.78 is 22.5.